The van der Waals surface area contributed by atoms with E-state index in [1.165, 1.54) is 14.2 Å². The van der Waals surface area contributed by atoms with Crippen molar-refractivity contribution >= 4 is 23.3 Å². The van der Waals surface area contributed by atoms with Gasteiger partial charge in [-0.2, -0.15) is 0 Å². The van der Waals surface area contributed by atoms with Crippen molar-refractivity contribution in [3.8, 4) is 0 Å². The molecule has 0 spiro atoms. The van der Waals surface area contributed by atoms with Crippen LogP contribution in [0, 0.1) is 0 Å². The van der Waals surface area contributed by atoms with Crippen molar-refractivity contribution in [2.24, 2.45) is 0 Å². The summed E-state index contributed by atoms with van der Waals surface area (Å²) in [5.74, 6) is -0.721. The van der Waals surface area contributed by atoms with E-state index in [9.17, 15) is 9.59 Å². The predicted octanol–water partition coefficient (Wildman–Crippen LogP) is 2.41. The highest BCUT2D eigenvalue weighted by Crippen LogP contribution is 2.23. The third-order valence-electron chi connectivity index (χ3n) is 3.17. The van der Waals surface area contributed by atoms with Gasteiger partial charge in [-0.15, -0.1) is 0 Å². The second-order valence-corrected chi connectivity index (χ2v) is 6.06. The van der Waals surface area contributed by atoms with Gasteiger partial charge in [-0.05, 0) is 45.9 Å². The molecular weight excluding hydrogens is 284 g/mol. The van der Waals surface area contributed by atoms with Crippen LogP contribution < -0.4 is 10.6 Å². The molecular formula is C16H24N2O4. The fourth-order valence-corrected chi connectivity index (χ4v) is 2.01. The van der Waals surface area contributed by atoms with Crippen molar-refractivity contribution in [2.75, 3.05) is 24.9 Å². The van der Waals surface area contributed by atoms with Gasteiger partial charge in [0.05, 0.1) is 14.2 Å². The van der Waals surface area contributed by atoms with Crippen LogP contribution in [0.25, 0.3) is 0 Å². The lowest BCUT2D eigenvalue weighted by atomic mass is 10.0. The molecule has 6 heteroatoms. The zero-order valence-electron chi connectivity index (χ0n) is 13.9. The number of esters is 2. The third kappa shape index (κ3) is 4.38. The van der Waals surface area contributed by atoms with Crippen molar-refractivity contribution in [2.45, 2.75) is 38.8 Å². The summed E-state index contributed by atoms with van der Waals surface area (Å²) in [5.41, 5.74) is -0.238. The van der Waals surface area contributed by atoms with E-state index in [0.29, 0.717) is 0 Å². The van der Waals surface area contributed by atoms with Gasteiger partial charge in [0.2, 0.25) is 0 Å². The van der Waals surface area contributed by atoms with Crippen molar-refractivity contribution in [3.63, 3.8) is 0 Å². The molecule has 1 aromatic carbocycles. The molecule has 0 atom stereocenters. The Hall–Kier alpha value is -2.24. The van der Waals surface area contributed by atoms with E-state index < -0.39 is 11.1 Å². The molecule has 0 heterocycles. The van der Waals surface area contributed by atoms with E-state index in [4.69, 9.17) is 9.47 Å². The summed E-state index contributed by atoms with van der Waals surface area (Å²) in [6.07, 6.45) is 0. The predicted molar refractivity (Wildman–Crippen MR) is 85.9 cm³/mol. The molecule has 1 rings (SSSR count). The lowest BCUT2D eigenvalue weighted by Gasteiger charge is -2.27. The summed E-state index contributed by atoms with van der Waals surface area (Å²) in [6, 6.07) is 7.31. The Kier molecular flexibility index (Phi) is 5.41. The Morgan fingerprint density at radius 2 is 1.23 bits per heavy atom. The highest BCUT2D eigenvalue weighted by molar-refractivity contribution is 5.85. The highest BCUT2D eigenvalue weighted by Gasteiger charge is 2.30. The van der Waals surface area contributed by atoms with E-state index in [1.807, 2.05) is 24.3 Å². The van der Waals surface area contributed by atoms with Crippen LogP contribution in [-0.4, -0.2) is 37.2 Å². The minimum atomic E-state index is -0.856. The van der Waals surface area contributed by atoms with Crippen molar-refractivity contribution < 1.29 is 19.1 Å². The van der Waals surface area contributed by atoms with E-state index in [-0.39, 0.29) is 11.9 Å². The Bertz CT molecular complexity index is 508. The Morgan fingerprint density at radius 3 is 1.55 bits per heavy atom. The number of anilines is 2. The minimum Gasteiger partial charge on any atom is -0.467 e. The topological polar surface area (TPSA) is 76.7 Å². The average Bonchev–Trinajstić information content (AvgIpc) is 2.44. The van der Waals surface area contributed by atoms with Crippen molar-refractivity contribution in [1.29, 1.82) is 0 Å². The van der Waals surface area contributed by atoms with Gasteiger partial charge in [-0.25, -0.2) is 9.59 Å². The number of methoxy groups -OCH3 is 2. The summed E-state index contributed by atoms with van der Waals surface area (Å²) >= 11 is 0. The average molecular weight is 308 g/mol. The van der Waals surface area contributed by atoms with Gasteiger partial charge in [0.15, 0.2) is 0 Å². The lowest BCUT2D eigenvalue weighted by molar-refractivity contribution is -0.145. The van der Waals surface area contributed by atoms with Gasteiger partial charge in [-0.3, -0.25) is 0 Å². The molecule has 0 aliphatic carbocycles. The maximum Gasteiger partial charge on any atom is 0.330 e. The summed E-state index contributed by atoms with van der Waals surface area (Å²) in [4.78, 5) is 23.4. The summed E-state index contributed by atoms with van der Waals surface area (Å²) in [7, 11) is 2.70. The van der Waals surface area contributed by atoms with E-state index in [2.05, 4.69) is 10.6 Å². The fraction of sp³-hybridized carbons (Fsp3) is 0.500. The molecule has 0 aliphatic heterocycles. The number of ether oxygens (including phenoxy) is 2. The summed E-state index contributed by atoms with van der Waals surface area (Å²) < 4.78 is 9.53. The molecule has 0 aliphatic rings. The number of hydrogen-bond acceptors (Lipinski definition) is 6. The van der Waals surface area contributed by atoms with Gasteiger partial charge in [0.25, 0.3) is 0 Å². The normalized spacial score (nSPS) is 11.5. The molecule has 0 aromatic heterocycles. The van der Waals surface area contributed by atoms with Crippen LogP contribution >= 0.6 is 0 Å². The van der Waals surface area contributed by atoms with Gasteiger partial charge in [0, 0.05) is 11.4 Å². The van der Waals surface area contributed by atoms with E-state index in [0.717, 1.165) is 11.4 Å². The fourth-order valence-electron chi connectivity index (χ4n) is 2.01. The highest BCUT2D eigenvalue weighted by atomic mass is 16.5. The smallest absolute Gasteiger partial charge is 0.330 e. The minimum absolute atomic E-state index is 0.360. The van der Waals surface area contributed by atoms with E-state index >= 15 is 0 Å². The second-order valence-electron chi connectivity index (χ2n) is 6.06. The first-order valence-electron chi connectivity index (χ1n) is 6.95. The molecule has 22 heavy (non-hydrogen) atoms. The maximum atomic E-state index is 11.7. The molecule has 0 bridgehead atoms. The first kappa shape index (κ1) is 17.8. The number of carbonyl (C=O) groups excluding carboxylic acids is 2. The molecule has 6 nitrogen and oxygen atoms in total. The monoisotopic (exact) mass is 308 g/mol. The molecule has 0 unspecified atom stereocenters. The summed E-state index contributed by atoms with van der Waals surface area (Å²) in [5, 5.41) is 6.22. The first-order valence-corrected chi connectivity index (χ1v) is 6.95. The Labute approximate surface area is 131 Å². The van der Waals surface area contributed by atoms with Gasteiger partial charge < -0.3 is 20.1 Å². The Balaban J connectivity index is 2.91. The number of rotatable bonds is 6. The van der Waals surface area contributed by atoms with Crippen LogP contribution in [-0.2, 0) is 19.1 Å². The molecule has 1 aromatic rings. The quantitative estimate of drug-likeness (QED) is 0.786. The zero-order chi connectivity index (χ0) is 17.0. The van der Waals surface area contributed by atoms with Crippen LogP contribution in [0.3, 0.4) is 0 Å². The van der Waals surface area contributed by atoms with Crippen molar-refractivity contribution in [1.82, 2.24) is 0 Å². The number of carbonyl (C=O) groups is 2. The van der Waals surface area contributed by atoms with Gasteiger partial charge in [-0.1, -0.05) is 6.07 Å². The SMILES string of the molecule is COC(=O)C(C)(C)Nc1cccc(NC(C)(C)C(=O)OC)c1. The third-order valence-corrected chi connectivity index (χ3v) is 3.17. The molecule has 0 saturated carbocycles. The summed E-state index contributed by atoms with van der Waals surface area (Å²) in [6.45, 7) is 6.93. The zero-order valence-corrected chi connectivity index (χ0v) is 13.9. The Morgan fingerprint density at radius 1 is 0.864 bits per heavy atom. The number of benzene rings is 1. The number of nitrogens with one attached hydrogen (secondary N) is 2. The molecule has 2 N–H and O–H groups in total. The standard InChI is InChI=1S/C16H24N2O4/c1-15(2,13(19)21-5)17-11-8-7-9-12(10-11)18-16(3,4)14(20)22-6/h7-10,17-18H,1-6H3. The van der Waals surface area contributed by atoms with E-state index in [1.54, 1.807) is 27.7 Å². The molecule has 0 amide bonds. The van der Waals surface area contributed by atoms with Crippen molar-refractivity contribution in [3.05, 3.63) is 24.3 Å². The lowest BCUT2D eigenvalue weighted by Crippen LogP contribution is -2.41. The van der Waals surface area contributed by atoms with Crippen LogP contribution in [0.2, 0.25) is 0 Å². The van der Waals surface area contributed by atoms with Crippen LogP contribution in [0.15, 0.2) is 24.3 Å². The molecule has 122 valence electrons. The van der Waals surface area contributed by atoms with Gasteiger partial charge >= 0.3 is 11.9 Å². The number of hydrogen-bond donors (Lipinski definition) is 2. The second kappa shape index (κ2) is 6.68. The maximum absolute atomic E-state index is 11.7. The first-order chi connectivity index (χ1) is 10.1. The van der Waals surface area contributed by atoms with Crippen LogP contribution in [0.4, 0.5) is 11.4 Å². The van der Waals surface area contributed by atoms with Crippen LogP contribution in [0.5, 0.6) is 0 Å². The molecule has 0 saturated heterocycles. The molecule has 0 radical (unpaired) electrons. The molecule has 0 fully saturated rings. The van der Waals surface area contributed by atoms with Gasteiger partial charge in [0.1, 0.15) is 11.1 Å². The largest absolute Gasteiger partial charge is 0.467 e. The van der Waals surface area contributed by atoms with Crippen LogP contribution in [0.1, 0.15) is 27.7 Å².